The number of guanidine groups is 1. The minimum atomic E-state index is -3.04. The van der Waals surface area contributed by atoms with E-state index in [0.29, 0.717) is 0 Å². The molecule has 0 aliphatic rings. The molecule has 8 heteroatoms. The molecule has 2 aromatic rings. The Balaban J connectivity index is 0.00000288. The van der Waals surface area contributed by atoms with Gasteiger partial charge in [-0.2, -0.15) is 8.78 Å². The average Bonchev–Trinajstić information content (AvgIpc) is 2.46. The Bertz CT molecular complexity index is 711. The summed E-state index contributed by atoms with van der Waals surface area (Å²) in [6, 6.07) is 11.1. The van der Waals surface area contributed by atoms with Gasteiger partial charge in [0.15, 0.2) is 5.96 Å². The number of alkyl halides is 2. The van der Waals surface area contributed by atoms with Gasteiger partial charge in [-0.3, -0.25) is 0 Å². The molecule has 24 heavy (non-hydrogen) atoms. The first-order valence-corrected chi connectivity index (χ1v) is 6.81. The molecule has 4 nitrogen and oxygen atoms in total. The lowest BCUT2D eigenvalue weighted by Crippen LogP contribution is -2.22. The molecule has 0 fully saturated rings. The molecule has 2 aromatic carbocycles. The normalized spacial score (nSPS) is 11.1. The second-order valence-corrected chi connectivity index (χ2v) is 4.79. The summed E-state index contributed by atoms with van der Waals surface area (Å²) in [7, 11) is 0. The zero-order chi connectivity index (χ0) is 16.8. The highest BCUT2D eigenvalue weighted by Gasteiger charge is 2.13. The fraction of sp³-hybridized carbons (Fsp3) is 0.188. The molecule has 0 spiro atoms. The molecule has 0 saturated carbocycles. The molecule has 0 bridgehead atoms. The molecule has 0 radical (unpaired) electrons. The van der Waals surface area contributed by atoms with Crippen molar-refractivity contribution in [2.75, 3.05) is 5.32 Å². The summed E-state index contributed by atoms with van der Waals surface area (Å²) >= 11 is 0. The SMILES string of the molecule is Cc1cccc(NC(N)=NCc2c(F)cccc2OC(F)F)c1.I. The number of ether oxygens (including phenoxy) is 1. The van der Waals surface area contributed by atoms with Crippen LogP contribution < -0.4 is 15.8 Å². The van der Waals surface area contributed by atoms with Crippen molar-refractivity contribution in [3.8, 4) is 5.75 Å². The smallest absolute Gasteiger partial charge is 0.387 e. The van der Waals surface area contributed by atoms with Crippen LogP contribution in [0.15, 0.2) is 47.5 Å². The van der Waals surface area contributed by atoms with Gasteiger partial charge in [0.1, 0.15) is 11.6 Å². The first kappa shape index (κ1) is 20.1. The van der Waals surface area contributed by atoms with E-state index in [1.54, 1.807) is 6.07 Å². The summed E-state index contributed by atoms with van der Waals surface area (Å²) in [4.78, 5) is 3.97. The molecule has 0 saturated heterocycles. The third-order valence-corrected chi connectivity index (χ3v) is 2.99. The number of nitrogens with zero attached hydrogens (tertiary/aromatic N) is 1. The maximum atomic E-state index is 13.8. The minimum Gasteiger partial charge on any atom is -0.434 e. The summed E-state index contributed by atoms with van der Waals surface area (Å²) in [5.74, 6) is -0.899. The lowest BCUT2D eigenvalue weighted by atomic mass is 10.2. The van der Waals surface area contributed by atoms with Gasteiger partial charge in [0.25, 0.3) is 0 Å². The van der Waals surface area contributed by atoms with E-state index in [4.69, 9.17) is 5.73 Å². The van der Waals surface area contributed by atoms with Crippen molar-refractivity contribution in [1.29, 1.82) is 0 Å². The average molecular weight is 451 g/mol. The topological polar surface area (TPSA) is 59.6 Å². The summed E-state index contributed by atoms with van der Waals surface area (Å²) in [6.45, 7) is -1.34. The number of hydrogen-bond donors (Lipinski definition) is 2. The first-order chi connectivity index (χ1) is 11.0. The quantitative estimate of drug-likeness (QED) is 0.406. The molecular formula is C16H17F3IN3O. The molecule has 3 N–H and O–H groups in total. The Kier molecular flexibility index (Phi) is 7.83. The van der Waals surface area contributed by atoms with E-state index < -0.39 is 12.4 Å². The Labute approximate surface area is 154 Å². The minimum absolute atomic E-state index is 0. The van der Waals surface area contributed by atoms with Gasteiger partial charge < -0.3 is 15.8 Å². The maximum absolute atomic E-state index is 13.8. The second kappa shape index (κ2) is 9.36. The number of halogens is 4. The van der Waals surface area contributed by atoms with E-state index in [1.165, 1.54) is 12.1 Å². The molecule has 2 rings (SSSR count). The summed E-state index contributed by atoms with van der Waals surface area (Å²) < 4.78 is 42.7. The van der Waals surface area contributed by atoms with Crippen LogP contribution in [0.3, 0.4) is 0 Å². The van der Waals surface area contributed by atoms with Crippen LogP contribution in [0.1, 0.15) is 11.1 Å². The van der Waals surface area contributed by atoms with Crippen LogP contribution in [0.25, 0.3) is 0 Å². The number of anilines is 1. The molecule has 130 valence electrons. The van der Waals surface area contributed by atoms with Crippen molar-refractivity contribution < 1.29 is 17.9 Å². The molecule has 0 amide bonds. The summed E-state index contributed by atoms with van der Waals surface area (Å²) in [5.41, 5.74) is 7.41. The van der Waals surface area contributed by atoms with Crippen LogP contribution in [0, 0.1) is 12.7 Å². The largest absolute Gasteiger partial charge is 0.434 e. The Hall–Kier alpha value is -1.97. The van der Waals surface area contributed by atoms with Crippen molar-refractivity contribution in [2.24, 2.45) is 10.7 Å². The molecule has 0 aromatic heterocycles. The number of benzene rings is 2. The van der Waals surface area contributed by atoms with Crippen LogP contribution in [-0.4, -0.2) is 12.6 Å². The number of aliphatic imine (C=N–C) groups is 1. The van der Waals surface area contributed by atoms with E-state index in [9.17, 15) is 13.2 Å². The van der Waals surface area contributed by atoms with Gasteiger partial charge in [-0.05, 0) is 36.8 Å². The standard InChI is InChI=1S/C16H16F3N3O.HI/c1-10-4-2-5-11(8-10)22-16(20)21-9-12-13(17)6-3-7-14(12)23-15(18)19;/h2-8,15H,9H2,1H3,(H3,20,21,22);1H. The number of aryl methyl sites for hydroxylation is 1. The zero-order valence-electron chi connectivity index (χ0n) is 12.8. The zero-order valence-corrected chi connectivity index (χ0v) is 15.1. The van der Waals surface area contributed by atoms with E-state index in [1.807, 2.05) is 25.1 Å². The fourth-order valence-corrected chi connectivity index (χ4v) is 1.97. The van der Waals surface area contributed by atoms with Gasteiger partial charge in [0.05, 0.1) is 12.1 Å². The number of hydrogen-bond acceptors (Lipinski definition) is 2. The highest BCUT2D eigenvalue weighted by Crippen LogP contribution is 2.24. The lowest BCUT2D eigenvalue weighted by Gasteiger charge is -2.11. The number of rotatable bonds is 5. The number of nitrogens with one attached hydrogen (secondary N) is 1. The van der Waals surface area contributed by atoms with Crippen LogP contribution >= 0.6 is 24.0 Å². The van der Waals surface area contributed by atoms with Crippen LogP contribution in [0.2, 0.25) is 0 Å². The Morgan fingerprint density at radius 2 is 1.96 bits per heavy atom. The molecule has 0 atom stereocenters. The van der Waals surface area contributed by atoms with E-state index in [2.05, 4.69) is 15.0 Å². The Morgan fingerprint density at radius 1 is 1.25 bits per heavy atom. The molecular weight excluding hydrogens is 434 g/mol. The predicted octanol–water partition coefficient (Wildman–Crippen LogP) is 4.28. The summed E-state index contributed by atoms with van der Waals surface area (Å²) in [6.07, 6.45) is 0. The van der Waals surface area contributed by atoms with Gasteiger partial charge in [0, 0.05) is 5.69 Å². The van der Waals surface area contributed by atoms with Gasteiger partial charge in [-0.25, -0.2) is 9.38 Å². The van der Waals surface area contributed by atoms with Crippen LogP contribution in [0.4, 0.5) is 18.9 Å². The van der Waals surface area contributed by atoms with Gasteiger partial charge >= 0.3 is 6.61 Å². The monoisotopic (exact) mass is 451 g/mol. The third kappa shape index (κ3) is 5.91. The van der Waals surface area contributed by atoms with Crippen molar-refractivity contribution in [1.82, 2.24) is 0 Å². The van der Waals surface area contributed by atoms with Gasteiger partial charge in [0.2, 0.25) is 0 Å². The van der Waals surface area contributed by atoms with Crippen molar-refractivity contribution in [3.05, 3.63) is 59.4 Å². The molecule has 0 heterocycles. The number of nitrogens with two attached hydrogens (primary N) is 1. The van der Waals surface area contributed by atoms with Crippen molar-refractivity contribution in [2.45, 2.75) is 20.1 Å². The van der Waals surface area contributed by atoms with Gasteiger partial charge in [-0.15, -0.1) is 24.0 Å². The maximum Gasteiger partial charge on any atom is 0.387 e. The van der Waals surface area contributed by atoms with Crippen LogP contribution in [0.5, 0.6) is 5.75 Å². The second-order valence-electron chi connectivity index (χ2n) is 4.79. The first-order valence-electron chi connectivity index (χ1n) is 6.81. The highest BCUT2D eigenvalue weighted by molar-refractivity contribution is 14.0. The Morgan fingerprint density at radius 3 is 2.62 bits per heavy atom. The van der Waals surface area contributed by atoms with Crippen molar-refractivity contribution >= 4 is 35.6 Å². The predicted molar refractivity (Wildman–Crippen MR) is 98.6 cm³/mol. The fourth-order valence-electron chi connectivity index (χ4n) is 1.97. The van der Waals surface area contributed by atoms with Crippen LogP contribution in [-0.2, 0) is 6.54 Å². The third-order valence-electron chi connectivity index (χ3n) is 2.99. The molecule has 0 aliphatic carbocycles. The molecule has 0 aliphatic heterocycles. The van der Waals surface area contributed by atoms with E-state index in [0.717, 1.165) is 17.3 Å². The van der Waals surface area contributed by atoms with E-state index in [-0.39, 0.29) is 47.8 Å². The lowest BCUT2D eigenvalue weighted by molar-refractivity contribution is -0.0506. The molecule has 0 unspecified atom stereocenters. The van der Waals surface area contributed by atoms with Gasteiger partial charge in [-0.1, -0.05) is 18.2 Å². The van der Waals surface area contributed by atoms with Crippen molar-refractivity contribution in [3.63, 3.8) is 0 Å². The highest BCUT2D eigenvalue weighted by atomic mass is 127. The van der Waals surface area contributed by atoms with E-state index >= 15 is 0 Å². The summed E-state index contributed by atoms with van der Waals surface area (Å²) in [5, 5.41) is 2.85.